The Bertz CT molecular complexity index is 831. The van der Waals surface area contributed by atoms with Gasteiger partial charge >= 0.3 is 11.7 Å². The smallest absolute Gasteiger partial charge is 0.336 e. The Morgan fingerprint density at radius 1 is 1.29 bits per heavy atom. The summed E-state index contributed by atoms with van der Waals surface area (Å²) in [4.78, 5) is 34.5. The number of ether oxygens (including phenoxy) is 1. The number of benzene rings is 1. The maximum Gasteiger partial charge on any atom is 0.336 e. The quantitative estimate of drug-likeness (QED) is 0.805. The minimum absolute atomic E-state index is 0.182. The standard InChI is InChI=1S/C16H17ClN2O5/c1-3-4-18-16(22)19-14(20)8-23-13-7-12-10(6-11(13)17)9(2)5-15(21)24-12/h5-7H,3-4,8H2,1-2H3,(H2,18,19,20,22). The lowest BCUT2D eigenvalue weighted by atomic mass is 10.1. The Morgan fingerprint density at radius 3 is 2.75 bits per heavy atom. The van der Waals surface area contributed by atoms with Gasteiger partial charge in [-0.1, -0.05) is 18.5 Å². The number of fused-ring (bicyclic) bond motifs is 1. The molecular weight excluding hydrogens is 336 g/mol. The number of urea groups is 1. The number of hydrogen-bond donors (Lipinski definition) is 2. The minimum Gasteiger partial charge on any atom is -0.482 e. The lowest BCUT2D eigenvalue weighted by Crippen LogP contribution is -2.41. The molecule has 7 nitrogen and oxygen atoms in total. The van der Waals surface area contributed by atoms with Crippen molar-refractivity contribution in [3.8, 4) is 5.75 Å². The van der Waals surface area contributed by atoms with Crippen molar-refractivity contribution in [3.63, 3.8) is 0 Å². The summed E-state index contributed by atoms with van der Waals surface area (Å²) in [5.74, 6) is -0.438. The number of aryl methyl sites for hydroxylation is 1. The number of imide groups is 1. The molecule has 3 amide bonds. The fraction of sp³-hybridized carbons (Fsp3) is 0.312. The molecule has 0 aliphatic rings. The van der Waals surface area contributed by atoms with Crippen LogP contribution in [-0.4, -0.2) is 25.1 Å². The summed E-state index contributed by atoms with van der Waals surface area (Å²) >= 11 is 6.12. The summed E-state index contributed by atoms with van der Waals surface area (Å²) in [6.07, 6.45) is 0.759. The Balaban J connectivity index is 2.07. The van der Waals surface area contributed by atoms with E-state index in [9.17, 15) is 14.4 Å². The molecule has 1 aromatic heterocycles. The molecule has 128 valence electrons. The third-order valence-corrected chi connectivity index (χ3v) is 3.45. The van der Waals surface area contributed by atoms with Gasteiger partial charge in [0.05, 0.1) is 5.02 Å². The van der Waals surface area contributed by atoms with Gasteiger partial charge in [0.1, 0.15) is 11.3 Å². The highest BCUT2D eigenvalue weighted by atomic mass is 35.5. The van der Waals surface area contributed by atoms with Crippen molar-refractivity contribution in [3.05, 3.63) is 39.2 Å². The zero-order valence-electron chi connectivity index (χ0n) is 13.3. The van der Waals surface area contributed by atoms with Crippen LogP contribution >= 0.6 is 11.6 Å². The number of carbonyl (C=O) groups is 2. The van der Waals surface area contributed by atoms with E-state index in [0.717, 1.165) is 12.0 Å². The second-order valence-corrected chi connectivity index (χ2v) is 5.53. The van der Waals surface area contributed by atoms with E-state index in [1.54, 1.807) is 13.0 Å². The van der Waals surface area contributed by atoms with Crippen LogP contribution in [0.4, 0.5) is 4.79 Å². The van der Waals surface area contributed by atoms with Crippen LogP contribution in [0.2, 0.25) is 5.02 Å². The van der Waals surface area contributed by atoms with Crippen LogP contribution in [0.5, 0.6) is 5.75 Å². The first-order valence-electron chi connectivity index (χ1n) is 7.35. The fourth-order valence-electron chi connectivity index (χ4n) is 2.02. The third kappa shape index (κ3) is 4.48. The van der Waals surface area contributed by atoms with Crippen molar-refractivity contribution in [2.75, 3.05) is 13.2 Å². The molecule has 8 heteroatoms. The molecule has 0 aliphatic carbocycles. The molecule has 0 bridgehead atoms. The summed E-state index contributed by atoms with van der Waals surface area (Å²) in [7, 11) is 0. The van der Waals surface area contributed by atoms with Gasteiger partial charge in [0.25, 0.3) is 5.91 Å². The van der Waals surface area contributed by atoms with Crippen molar-refractivity contribution < 1.29 is 18.7 Å². The third-order valence-electron chi connectivity index (χ3n) is 3.15. The van der Waals surface area contributed by atoms with Gasteiger partial charge in [0.2, 0.25) is 0 Å². The molecule has 0 unspecified atom stereocenters. The van der Waals surface area contributed by atoms with Gasteiger partial charge in [-0.3, -0.25) is 10.1 Å². The molecule has 2 aromatic rings. The van der Waals surface area contributed by atoms with Gasteiger partial charge in [-0.05, 0) is 25.0 Å². The summed E-state index contributed by atoms with van der Waals surface area (Å²) in [5, 5.41) is 5.58. The van der Waals surface area contributed by atoms with Crippen molar-refractivity contribution in [1.29, 1.82) is 0 Å². The number of rotatable bonds is 5. The van der Waals surface area contributed by atoms with Crippen molar-refractivity contribution >= 4 is 34.5 Å². The average Bonchev–Trinajstić information content (AvgIpc) is 2.51. The van der Waals surface area contributed by atoms with E-state index in [1.807, 2.05) is 6.92 Å². The van der Waals surface area contributed by atoms with E-state index in [4.69, 9.17) is 20.8 Å². The number of halogens is 1. The van der Waals surface area contributed by atoms with Crippen LogP contribution in [0.3, 0.4) is 0 Å². The van der Waals surface area contributed by atoms with Gasteiger partial charge < -0.3 is 14.5 Å². The summed E-state index contributed by atoms with van der Waals surface area (Å²) in [6, 6.07) is 3.81. The van der Waals surface area contributed by atoms with E-state index in [0.29, 0.717) is 17.5 Å². The average molecular weight is 353 g/mol. The molecule has 0 atom stereocenters. The zero-order valence-corrected chi connectivity index (χ0v) is 14.0. The highest BCUT2D eigenvalue weighted by Gasteiger charge is 2.12. The van der Waals surface area contributed by atoms with E-state index in [-0.39, 0.29) is 10.8 Å². The second-order valence-electron chi connectivity index (χ2n) is 5.12. The van der Waals surface area contributed by atoms with Crippen molar-refractivity contribution in [1.82, 2.24) is 10.6 Å². The molecule has 0 aliphatic heterocycles. The summed E-state index contributed by atoms with van der Waals surface area (Å²) in [5.41, 5.74) is 0.541. The predicted molar refractivity (Wildman–Crippen MR) is 89.6 cm³/mol. The highest BCUT2D eigenvalue weighted by Crippen LogP contribution is 2.30. The molecule has 1 aromatic carbocycles. The number of amides is 3. The molecule has 0 radical (unpaired) electrons. The monoisotopic (exact) mass is 352 g/mol. The molecular formula is C16H17ClN2O5. The largest absolute Gasteiger partial charge is 0.482 e. The van der Waals surface area contributed by atoms with Gasteiger partial charge in [-0.2, -0.15) is 0 Å². The van der Waals surface area contributed by atoms with E-state index in [1.165, 1.54) is 12.1 Å². The molecule has 2 N–H and O–H groups in total. The van der Waals surface area contributed by atoms with Gasteiger partial charge in [-0.15, -0.1) is 0 Å². The van der Waals surface area contributed by atoms with Crippen LogP contribution in [0.15, 0.2) is 27.4 Å². The van der Waals surface area contributed by atoms with E-state index < -0.39 is 24.2 Å². The number of nitrogens with one attached hydrogen (secondary N) is 2. The first-order valence-corrected chi connectivity index (χ1v) is 7.73. The Kier molecular flexibility index (Phi) is 5.81. The lowest BCUT2D eigenvalue weighted by Gasteiger charge is -2.10. The lowest BCUT2D eigenvalue weighted by molar-refractivity contribution is -0.122. The van der Waals surface area contributed by atoms with Gasteiger partial charge in [0, 0.05) is 24.1 Å². The molecule has 1 heterocycles. The zero-order chi connectivity index (χ0) is 17.7. The highest BCUT2D eigenvalue weighted by molar-refractivity contribution is 6.32. The summed E-state index contributed by atoms with van der Waals surface area (Å²) < 4.78 is 10.4. The Labute approximate surface area is 142 Å². The van der Waals surface area contributed by atoms with Crippen LogP contribution in [-0.2, 0) is 4.79 Å². The van der Waals surface area contributed by atoms with Crippen LogP contribution < -0.4 is 21.0 Å². The van der Waals surface area contributed by atoms with Gasteiger partial charge in [-0.25, -0.2) is 9.59 Å². The molecule has 0 fully saturated rings. The topological polar surface area (TPSA) is 97.6 Å². The SMILES string of the molecule is CCCNC(=O)NC(=O)COc1cc2oc(=O)cc(C)c2cc1Cl. The van der Waals surface area contributed by atoms with Gasteiger partial charge in [0.15, 0.2) is 6.61 Å². The fourth-order valence-corrected chi connectivity index (χ4v) is 2.24. The first-order chi connectivity index (χ1) is 11.4. The van der Waals surface area contributed by atoms with Crippen LogP contribution in [0.1, 0.15) is 18.9 Å². The Morgan fingerprint density at radius 2 is 2.04 bits per heavy atom. The van der Waals surface area contributed by atoms with Crippen LogP contribution in [0, 0.1) is 6.92 Å². The van der Waals surface area contributed by atoms with Crippen molar-refractivity contribution in [2.24, 2.45) is 0 Å². The normalized spacial score (nSPS) is 10.5. The maximum absolute atomic E-state index is 11.7. The minimum atomic E-state index is -0.620. The predicted octanol–water partition coefficient (Wildman–Crippen LogP) is 2.37. The molecule has 2 rings (SSSR count). The van der Waals surface area contributed by atoms with E-state index >= 15 is 0 Å². The number of carbonyl (C=O) groups excluding carboxylic acids is 2. The molecule has 0 spiro atoms. The molecule has 24 heavy (non-hydrogen) atoms. The van der Waals surface area contributed by atoms with Crippen molar-refractivity contribution in [2.45, 2.75) is 20.3 Å². The first kappa shape index (κ1) is 17.8. The molecule has 0 saturated heterocycles. The van der Waals surface area contributed by atoms with E-state index in [2.05, 4.69) is 10.6 Å². The Hall–Kier alpha value is -2.54. The second kappa shape index (κ2) is 7.83. The summed E-state index contributed by atoms with van der Waals surface area (Å²) in [6.45, 7) is 3.72. The number of hydrogen-bond acceptors (Lipinski definition) is 5. The van der Waals surface area contributed by atoms with Crippen LogP contribution in [0.25, 0.3) is 11.0 Å². The maximum atomic E-state index is 11.7. The molecule has 0 saturated carbocycles.